The standard InChI is InChI=1S/C18H17N5O5S2/c19-11-4-2-1-3-9(11)5-12(24)21-13-15(25)23-14(17(26)27)10(6-29-16(13)23)7-30-18-22-20-8-28-18/h1-4,8,13,16H,5-7,19H2,(H,21,24)(H,26,27)/t13?,16-/m1/s1. The molecule has 12 heteroatoms. The number of nitrogens with two attached hydrogens (primary N) is 1. The predicted molar refractivity (Wildman–Crippen MR) is 109 cm³/mol. The Bertz CT molecular complexity index is 1030. The number of nitrogen functional groups attached to an aromatic ring is 1. The molecule has 0 aliphatic carbocycles. The number of hydrogen-bond donors (Lipinski definition) is 3. The van der Waals surface area contributed by atoms with Crippen LogP contribution in [0.4, 0.5) is 5.69 Å². The van der Waals surface area contributed by atoms with Crippen LogP contribution in [0.25, 0.3) is 0 Å². The van der Waals surface area contributed by atoms with E-state index >= 15 is 0 Å². The van der Waals surface area contributed by atoms with Crippen molar-refractivity contribution < 1.29 is 23.9 Å². The first-order valence-corrected chi connectivity index (χ1v) is 10.9. The Hall–Kier alpha value is -2.99. The van der Waals surface area contributed by atoms with Gasteiger partial charge in [0, 0.05) is 17.2 Å². The molecule has 2 aliphatic heterocycles. The van der Waals surface area contributed by atoms with Crippen molar-refractivity contribution in [1.82, 2.24) is 20.4 Å². The fourth-order valence-electron chi connectivity index (χ4n) is 3.26. The zero-order chi connectivity index (χ0) is 21.3. The van der Waals surface area contributed by atoms with E-state index in [2.05, 4.69) is 15.5 Å². The summed E-state index contributed by atoms with van der Waals surface area (Å²) in [6, 6.07) is 6.23. The third-order valence-electron chi connectivity index (χ3n) is 4.68. The molecule has 4 N–H and O–H groups in total. The van der Waals surface area contributed by atoms with Crippen molar-refractivity contribution >= 4 is 47.0 Å². The molecular formula is C18H17N5O5S2. The van der Waals surface area contributed by atoms with Crippen molar-refractivity contribution in [2.75, 3.05) is 17.2 Å². The van der Waals surface area contributed by atoms with E-state index in [1.165, 1.54) is 34.8 Å². The SMILES string of the molecule is Nc1ccccc1CC(=O)NC1C(=O)N2C(C(=O)O)=C(CSc3nnco3)CS[C@H]12. The number of para-hydroxylation sites is 1. The smallest absolute Gasteiger partial charge is 0.352 e. The second kappa shape index (κ2) is 8.40. The highest BCUT2D eigenvalue weighted by atomic mass is 32.2. The Morgan fingerprint density at radius 3 is 2.90 bits per heavy atom. The molecule has 2 aliphatic rings. The minimum absolute atomic E-state index is 0.0432. The summed E-state index contributed by atoms with van der Waals surface area (Å²) in [5.74, 6) is -1.26. The summed E-state index contributed by atoms with van der Waals surface area (Å²) < 4.78 is 5.05. The van der Waals surface area contributed by atoms with Gasteiger partial charge in [-0.25, -0.2) is 4.79 Å². The van der Waals surface area contributed by atoms with Crippen LogP contribution in [0.15, 0.2) is 51.6 Å². The molecule has 0 saturated carbocycles. The number of benzene rings is 1. The molecule has 1 aromatic carbocycles. The molecule has 0 spiro atoms. The summed E-state index contributed by atoms with van der Waals surface area (Å²) in [6.07, 6.45) is 1.23. The first-order chi connectivity index (χ1) is 14.5. The van der Waals surface area contributed by atoms with Crippen LogP contribution in [0.5, 0.6) is 0 Å². The van der Waals surface area contributed by atoms with Crippen molar-refractivity contribution in [3.05, 3.63) is 47.5 Å². The number of anilines is 1. The average molecular weight is 447 g/mol. The molecule has 0 radical (unpaired) electrons. The molecule has 0 bridgehead atoms. The van der Waals surface area contributed by atoms with Crippen LogP contribution in [0, 0.1) is 0 Å². The Balaban J connectivity index is 1.44. The number of fused-ring (bicyclic) bond motifs is 1. The summed E-state index contributed by atoms with van der Waals surface area (Å²) in [5.41, 5.74) is 7.57. The molecule has 2 atom stereocenters. The van der Waals surface area contributed by atoms with Gasteiger partial charge in [0.05, 0.1) is 6.42 Å². The lowest BCUT2D eigenvalue weighted by Gasteiger charge is -2.49. The lowest BCUT2D eigenvalue weighted by atomic mass is 10.0. The third-order valence-corrected chi connectivity index (χ3v) is 6.94. The first kappa shape index (κ1) is 20.3. The normalized spacial score (nSPS) is 20.5. The van der Waals surface area contributed by atoms with Gasteiger partial charge < -0.3 is 20.6 Å². The topological polar surface area (TPSA) is 152 Å². The molecule has 3 heterocycles. The number of aromatic nitrogens is 2. The molecular weight excluding hydrogens is 430 g/mol. The summed E-state index contributed by atoms with van der Waals surface area (Å²) in [5, 5.41) is 19.6. The quantitative estimate of drug-likeness (QED) is 0.314. The Kier molecular flexibility index (Phi) is 5.68. The second-order valence-electron chi connectivity index (χ2n) is 6.58. The monoisotopic (exact) mass is 447 g/mol. The second-order valence-corrected chi connectivity index (χ2v) is 8.61. The molecule has 156 valence electrons. The number of rotatable bonds is 7. The van der Waals surface area contributed by atoms with Gasteiger partial charge in [-0.2, -0.15) is 0 Å². The molecule has 2 aromatic rings. The van der Waals surface area contributed by atoms with Gasteiger partial charge in [0.25, 0.3) is 11.1 Å². The van der Waals surface area contributed by atoms with Crippen LogP contribution in [-0.4, -0.2) is 60.9 Å². The minimum Gasteiger partial charge on any atom is -0.477 e. The minimum atomic E-state index is -1.18. The molecule has 1 fully saturated rings. The molecule has 30 heavy (non-hydrogen) atoms. The third kappa shape index (κ3) is 3.87. The number of β-lactam (4-membered cyclic amide) rings is 1. The number of carbonyl (C=O) groups excluding carboxylic acids is 2. The Labute approximate surface area is 179 Å². The lowest BCUT2D eigenvalue weighted by molar-refractivity contribution is -0.150. The van der Waals surface area contributed by atoms with E-state index in [0.29, 0.717) is 33.6 Å². The highest BCUT2D eigenvalue weighted by Gasteiger charge is 2.54. The number of carboxylic acid groups (broad SMARTS) is 1. The van der Waals surface area contributed by atoms with Gasteiger partial charge in [-0.05, 0) is 17.2 Å². The zero-order valence-electron chi connectivity index (χ0n) is 15.5. The maximum atomic E-state index is 12.7. The summed E-state index contributed by atoms with van der Waals surface area (Å²) in [4.78, 5) is 38.2. The van der Waals surface area contributed by atoms with Gasteiger partial charge >= 0.3 is 5.97 Å². The van der Waals surface area contributed by atoms with E-state index < -0.39 is 23.3 Å². The van der Waals surface area contributed by atoms with Gasteiger partial charge in [-0.3, -0.25) is 14.5 Å². The van der Waals surface area contributed by atoms with Crippen molar-refractivity contribution in [1.29, 1.82) is 0 Å². The summed E-state index contributed by atoms with van der Waals surface area (Å²) >= 11 is 2.61. The first-order valence-electron chi connectivity index (χ1n) is 8.87. The van der Waals surface area contributed by atoms with Crippen molar-refractivity contribution in [2.24, 2.45) is 0 Å². The van der Waals surface area contributed by atoms with E-state index in [0.717, 1.165) is 0 Å². The fraction of sp³-hybridized carbons (Fsp3) is 0.278. The van der Waals surface area contributed by atoms with E-state index in [4.69, 9.17) is 10.2 Å². The van der Waals surface area contributed by atoms with Gasteiger partial charge in [0.15, 0.2) is 0 Å². The molecule has 1 unspecified atom stereocenters. The lowest BCUT2D eigenvalue weighted by Crippen LogP contribution is -2.70. The molecule has 4 rings (SSSR count). The predicted octanol–water partition coefficient (Wildman–Crippen LogP) is 0.725. The molecule has 1 aromatic heterocycles. The molecule has 1 saturated heterocycles. The Morgan fingerprint density at radius 2 is 2.20 bits per heavy atom. The number of aliphatic carboxylic acids is 1. The largest absolute Gasteiger partial charge is 0.477 e. The van der Waals surface area contributed by atoms with Crippen LogP contribution >= 0.6 is 23.5 Å². The van der Waals surface area contributed by atoms with Crippen LogP contribution in [0.2, 0.25) is 0 Å². The van der Waals surface area contributed by atoms with Gasteiger partial charge in [0.2, 0.25) is 12.3 Å². The van der Waals surface area contributed by atoms with Crippen molar-refractivity contribution in [3.63, 3.8) is 0 Å². The number of amides is 2. The van der Waals surface area contributed by atoms with Gasteiger partial charge in [0.1, 0.15) is 17.1 Å². The highest BCUT2D eigenvalue weighted by molar-refractivity contribution is 8.01. The molecule has 10 nitrogen and oxygen atoms in total. The zero-order valence-corrected chi connectivity index (χ0v) is 17.1. The fourth-order valence-corrected chi connectivity index (χ4v) is 5.49. The van der Waals surface area contributed by atoms with Crippen molar-refractivity contribution in [3.8, 4) is 0 Å². The number of nitrogens with one attached hydrogen (secondary N) is 1. The van der Waals surface area contributed by atoms with E-state index in [-0.39, 0.29) is 18.0 Å². The maximum Gasteiger partial charge on any atom is 0.352 e. The van der Waals surface area contributed by atoms with Gasteiger partial charge in [-0.1, -0.05) is 30.0 Å². The van der Waals surface area contributed by atoms with E-state index in [9.17, 15) is 19.5 Å². The Morgan fingerprint density at radius 1 is 1.40 bits per heavy atom. The van der Waals surface area contributed by atoms with Crippen LogP contribution in [0.1, 0.15) is 5.56 Å². The average Bonchev–Trinajstić information content (AvgIpc) is 3.25. The van der Waals surface area contributed by atoms with E-state index in [1.807, 2.05) is 0 Å². The van der Waals surface area contributed by atoms with Gasteiger partial charge in [-0.15, -0.1) is 22.0 Å². The van der Waals surface area contributed by atoms with Crippen LogP contribution in [-0.2, 0) is 20.8 Å². The number of hydrogen-bond acceptors (Lipinski definition) is 9. The van der Waals surface area contributed by atoms with E-state index in [1.54, 1.807) is 24.3 Å². The van der Waals surface area contributed by atoms with Crippen molar-refractivity contribution in [2.45, 2.75) is 23.1 Å². The number of thioether (sulfide) groups is 2. The summed E-state index contributed by atoms with van der Waals surface area (Å²) in [7, 11) is 0. The van der Waals surface area contributed by atoms with Crippen LogP contribution in [0.3, 0.4) is 0 Å². The summed E-state index contributed by atoms with van der Waals surface area (Å²) in [6.45, 7) is 0. The number of nitrogens with zero attached hydrogens (tertiary/aromatic N) is 3. The molecule has 2 amide bonds. The highest BCUT2D eigenvalue weighted by Crippen LogP contribution is 2.41. The maximum absolute atomic E-state index is 12.7. The number of carbonyl (C=O) groups is 3. The number of carboxylic acids is 1. The van der Waals surface area contributed by atoms with Crippen LogP contribution < -0.4 is 11.1 Å².